The van der Waals surface area contributed by atoms with Crippen LogP contribution in [0, 0.1) is 24.7 Å². The summed E-state index contributed by atoms with van der Waals surface area (Å²) in [6, 6.07) is 10.9. The van der Waals surface area contributed by atoms with Gasteiger partial charge in [0.05, 0.1) is 11.2 Å². The summed E-state index contributed by atoms with van der Waals surface area (Å²) in [4.78, 5) is 8.45. The Labute approximate surface area is 136 Å². The van der Waals surface area contributed by atoms with Gasteiger partial charge in [0.2, 0.25) is 0 Å². The van der Waals surface area contributed by atoms with E-state index in [4.69, 9.17) is 0 Å². The third kappa shape index (κ3) is 2.96. The van der Waals surface area contributed by atoms with E-state index in [2.05, 4.69) is 52.5 Å². The van der Waals surface area contributed by atoms with Gasteiger partial charge in [-0.05, 0) is 43.3 Å². The number of piperidine rings is 1. The van der Waals surface area contributed by atoms with Crippen molar-refractivity contribution in [3.8, 4) is 0 Å². The number of fused-ring (bicyclic) bond motifs is 1. The number of nitrogens with one attached hydrogen (secondary N) is 1. The predicted molar refractivity (Wildman–Crippen MR) is 90.7 cm³/mol. The first-order valence-corrected chi connectivity index (χ1v) is 9.05. The highest BCUT2D eigenvalue weighted by Crippen LogP contribution is 2.49. The molecular weight excluding hydrogens is 290 g/mol. The Balaban J connectivity index is 1.45. The fourth-order valence-electron chi connectivity index (χ4n) is 3.82. The molecule has 1 N–H and O–H groups in total. The van der Waals surface area contributed by atoms with Gasteiger partial charge < -0.3 is 5.32 Å². The number of thiazole rings is 1. The molecule has 3 nitrogen and oxygen atoms in total. The maximum Gasteiger partial charge on any atom is 0.0798 e. The fourth-order valence-corrected chi connectivity index (χ4v) is 4.64. The molecule has 1 unspecified atom stereocenters. The molecule has 1 aliphatic carbocycles. The molecule has 2 heterocycles. The van der Waals surface area contributed by atoms with Crippen LogP contribution in [0.15, 0.2) is 35.8 Å². The van der Waals surface area contributed by atoms with Crippen LogP contribution in [0.5, 0.6) is 0 Å². The normalized spacial score (nSPS) is 26.4. The van der Waals surface area contributed by atoms with E-state index in [0.717, 1.165) is 30.8 Å². The summed E-state index contributed by atoms with van der Waals surface area (Å²) < 4.78 is 0. The third-order valence-corrected chi connectivity index (χ3v) is 6.12. The van der Waals surface area contributed by atoms with Gasteiger partial charge in [-0.1, -0.05) is 30.3 Å². The van der Waals surface area contributed by atoms with Crippen LogP contribution in [0.1, 0.15) is 16.1 Å². The van der Waals surface area contributed by atoms with Gasteiger partial charge in [0, 0.05) is 24.5 Å². The molecule has 1 saturated heterocycles. The Hall–Kier alpha value is -1.23. The van der Waals surface area contributed by atoms with E-state index in [1.807, 2.05) is 5.51 Å². The van der Waals surface area contributed by atoms with Crippen molar-refractivity contribution >= 4 is 11.3 Å². The molecular formula is C18H23N3S. The van der Waals surface area contributed by atoms with Crippen molar-refractivity contribution in [2.24, 2.45) is 17.8 Å². The Bertz CT molecular complexity index is 614. The Morgan fingerprint density at radius 1 is 1.18 bits per heavy atom. The van der Waals surface area contributed by atoms with Gasteiger partial charge >= 0.3 is 0 Å². The second-order valence-corrected chi connectivity index (χ2v) is 7.61. The average Bonchev–Trinajstić information content (AvgIpc) is 2.90. The standard InChI is InChI=1S/C18H23N3S/c1-13-18(22-12-20-13)11-21(9-14-5-3-2-4-6-14)10-17-15-7-19-8-16(15)17/h2-6,12,15-17,19H,7-11H2,1H3/t15-,16+,17?. The SMILES string of the molecule is Cc1ncsc1CN(Cc1ccccc1)CC1[C@H]2CNC[C@@H]12. The molecule has 1 aliphatic heterocycles. The van der Waals surface area contributed by atoms with Crippen LogP contribution in [-0.2, 0) is 13.1 Å². The van der Waals surface area contributed by atoms with Gasteiger partial charge in [-0.2, -0.15) is 0 Å². The Kier molecular flexibility index (Phi) is 3.99. The first-order chi connectivity index (χ1) is 10.8. The van der Waals surface area contributed by atoms with E-state index >= 15 is 0 Å². The van der Waals surface area contributed by atoms with Gasteiger partial charge in [-0.3, -0.25) is 4.90 Å². The fraction of sp³-hybridized carbons (Fsp3) is 0.500. The second-order valence-electron chi connectivity index (χ2n) is 6.67. The zero-order valence-electron chi connectivity index (χ0n) is 13.0. The zero-order valence-corrected chi connectivity index (χ0v) is 13.9. The van der Waals surface area contributed by atoms with E-state index < -0.39 is 0 Å². The van der Waals surface area contributed by atoms with Crippen LogP contribution in [-0.4, -0.2) is 29.5 Å². The molecule has 4 heteroatoms. The molecule has 1 saturated carbocycles. The maximum absolute atomic E-state index is 4.41. The molecule has 2 fully saturated rings. The van der Waals surface area contributed by atoms with Crippen molar-refractivity contribution in [2.45, 2.75) is 20.0 Å². The van der Waals surface area contributed by atoms with Gasteiger partial charge in [-0.25, -0.2) is 4.98 Å². The highest BCUT2D eigenvalue weighted by atomic mass is 32.1. The first kappa shape index (κ1) is 14.4. The molecule has 4 rings (SSSR count). The molecule has 116 valence electrons. The Morgan fingerprint density at radius 3 is 2.64 bits per heavy atom. The van der Waals surface area contributed by atoms with Crippen LogP contribution >= 0.6 is 11.3 Å². The van der Waals surface area contributed by atoms with Crippen LogP contribution in [0.2, 0.25) is 0 Å². The lowest BCUT2D eigenvalue weighted by Gasteiger charge is -2.23. The largest absolute Gasteiger partial charge is 0.316 e. The lowest BCUT2D eigenvalue weighted by molar-refractivity contribution is 0.236. The van der Waals surface area contributed by atoms with Crippen molar-refractivity contribution in [1.82, 2.24) is 15.2 Å². The number of benzene rings is 1. The smallest absolute Gasteiger partial charge is 0.0798 e. The van der Waals surface area contributed by atoms with E-state index in [9.17, 15) is 0 Å². The number of aryl methyl sites for hydroxylation is 1. The molecule has 2 aliphatic rings. The summed E-state index contributed by atoms with van der Waals surface area (Å²) >= 11 is 1.79. The molecule has 1 aromatic carbocycles. The topological polar surface area (TPSA) is 28.2 Å². The molecule has 0 bridgehead atoms. The van der Waals surface area contributed by atoms with Crippen molar-refractivity contribution in [3.05, 3.63) is 52.0 Å². The molecule has 1 aromatic heterocycles. The highest BCUT2D eigenvalue weighted by molar-refractivity contribution is 7.09. The van der Waals surface area contributed by atoms with Crippen LogP contribution in [0.4, 0.5) is 0 Å². The number of rotatable bonds is 6. The quantitative estimate of drug-likeness (QED) is 0.889. The highest BCUT2D eigenvalue weighted by Gasteiger charge is 2.52. The monoisotopic (exact) mass is 313 g/mol. The molecule has 0 radical (unpaired) electrons. The molecule has 0 spiro atoms. The van der Waals surface area contributed by atoms with Crippen molar-refractivity contribution in [2.75, 3.05) is 19.6 Å². The minimum atomic E-state index is 0.901. The average molecular weight is 313 g/mol. The van der Waals surface area contributed by atoms with Crippen LogP contribution in [0.25, 0.3) is 0 Å². The third-order valence-electron chi connectivity index (χ3n) is 5.20. The first-order valence-electron chi connectivity index (χ1n) is 8.17. The van der Waals surface area contributed by atoms with Crippen molar-refractivity contribution in [3.63, 3.8) is 0 Å². The van der Waals surface area contributed by atoms with E-state index in [1.54, 1.807) is 11.3 Å². The predicted octanol–water partition coefficient (Wildman–Crippen LogP) is 2.92. The van der Waals surface area contributed by atoms with Gasteiger partial charge in [0.15, 0.2) is 0 Å². The van der Waals surface area contributed by atoms with Crippen LogP contribution in [0.3, 0.4) is 0 Å². The summed E-state index contributed by atoms with van der Waals surface area (Å²) in [5.41, 5.74) is 4.58. The zero-order chi connectivity index (χ0) is 14.9. The second kappa shape index (κ2) is 6.11. The number of nitrogens with zero attached hydrogens (tertiary/aromatic N) is 2. The molecule has 3 atom stereocenters. The van der Waals surface area contributed by atoms with E-state index in [0.29, 0.717) is 0 Å². The lowest BCUT2D eigenvalue weighted by atomic mass is 10.2. The van der Waals surface area contributed by atoms with Crippen molar-refractivity contribution < 1.29 is 0 Å². The summed E-state index contributed by atoms with van der Waals surface area (Å²) in [5.74, 6) is 2.76. The van der Waals surface area contributed by atoms with E-state index in [-0.39, 0.29) is 0 Å². The summed E-state index contributed by atoms with van der Waals surface area (Å²) in [7, 11) is 0. The maximum atomic E-state index is 4.41. The molecule has 2 aromatic rings. The van der Waals surface area contributed by atoms with Gasteiger partial charge in [0.25, 0.3) is 0 Å². The summed E-state index contributed by atoms with van der Waals surface area (Å²) in [6.45, 7) is 7.89. The van der Waals surface area contributed by atoms with Gasteiger partial charge in [-0.15, -0.1) is 11.3 Å². The minimum Gasteiger partial charge on any atom is -0.316 e. The molecule has 0 amide bonds. The summed E-state index contributed by atoms with van der Waals surface area (Å²) in [6.07, 6.45) is 0. The van der Waals surface area contributed by atoms with Crippen LogP contribution < -0.4 is 5.32 Å². The summed E-state index contributed by atoms with van der Waals surface area (Å²) in [5, 5.41) is 3.50. The lowest BCUT2D eigenvalue weighted by Crippen LogP contribution is -2.28. The van der Waals surface area contributed by atoms with Gasteiger partial charge in [0.1, 0.15) is 0 Å². The number of hydrogen-bond acceptors (Lipinski definition) is 4. The minimum absolute atomic E-state index is 0.901. The number of hydrogen-bond donors (Lipinski definition) is 1. The Morgan fingerprint density at radius 2 is 1.95 bits per heavy atom. The van der Waals surface area contributed by atoms with Crippen molar-refractivity contribution in [1.29, 1.82) is 0 Å². The number of aromatic nitrogens is 1. The molecule has 22 heavy (non-hydrogen) atoms. The van der Waals surface area contributed by atoms with E-state index in [1.165, 1.54) is 35.8 Å².